The van der Waals surface area contributed by atoms with Gasteiger partial charge in [0.15, 0.2) is 0 Å². The Bertz CT molecular complexity index is 449. The van der Waals surface area contributed by atoms with Gasteiger partial charge in [-0.05, 0) is 31.7 Å². The standard InChI is InChI=1S/C15H26N4O2/c1-11(2)6-8-16-14(20)13-10-12(3)18-15(19-13)17-7-5-9-21-4/h10-11H,5-9H2,1-4H3,(H,16,20)(H,17,18,19). The zero-order chi connectivity index (χ0) is 15.7. The fourth-order valence-corrected chi connectivity index (χ4v) is 1.75. The van der Waals surface area contributed by atoms with Gasteiger partial charge in [0, 0.05) is 32.5 Å². The zero-order valence-corrected chi connectivity index (χ0v) is 13.4. The highest BCUT2D eigenvalue weighted by Gasteiger charge is 2.10. The highest BCUT2D eigenvalue weighted by atomic mass is 16.5. The van der Waals surface area contributed by atoms with Crippen LogP contribution in [0.1, 0.15) is 42.9 Å². The number of carbonyl (C=O) groups excluding carboxylic acids is 1. The van der Waals surface area contributed by atoms with Crippen molar-refractivity contribution in [3.63, 3.8) is 0 Å². The fraction of sp³-hybridized carbons (Fsp3) is 0.667. The summed E-state index contributed by atoms with van der Waals surface area (Å²) in [7, 11) is 1.67. The number of carbonyl (C=O) groups is 1. The molecule has 6 nitrogen and oxygen atoms in total. The van der Waals surface area contributed by atoms with Crippen LogP contribution in [0.2, 0.25) is 0 Å². The molecule has 0 spiro atoms. The molecule has 0 aliphatic carbocycles. The Morgan fingerprint density at radius 2 is 2.10 bits per heavy atom. The van der Waals surface area contributed by atoms with E-state index in [4.69, 9.17) is 4.74 Å². The van der Waals surface area contributed by atoms with E-state index in [0.29, 0.717) is 37.3 Å². The lowest BCUT2D eigenvalue weighted by Gasteiger charge is -2.09. The summed E-state index contributed by atoms with van der Waals surface area (Å²) < 4.78 is 4.98. The van der Waals surface area contributed by atoms with E-state index >= 15 is 0 Å². The molecule has 0 aromatic carbocycles. The van der Waals surface area contributed by atoms with Crippen molar-refractivity contribution >= 4 is 11.9 Å². The summed E-state index contributed by atoms with van der Waals surface area (Å²) in [6, 6.07) is 1.70. The maximum Gasteiger partial charge on any atom is 0.270 e. The van der Waals surface area contributed by atoms with Gasteiger partial charge >= 0.3 is 0 Å². The molecule has 1 aromatic rings. The molecule has 1 aromatic heterocycles. The minimum atomic E-state index is -0.152. The van der Waals surface area contributed by atoms with Crippen LogP contribution in [0.4, 0.5) is 5.95 Å². The van der Waals surface area contributed by atoms with Crippen LogP contribution in [0.3, 0.4) is 0 Å². The lowest BCUT2D eigenvalue weighted by molar-refractivity contribution is 0.0947. The Morgan fingerprint density at radius 1 is 1.33 bits per heavy atom. The molecule has 1 rings (SSSR count). The maximum absolute atomic E-state index is 12.1. The molecule has 118 valence electrons. The first-order valence-electron chi connectivity index (χ1n) is 7.39. The van der Waals surface area contributed by atoms with Gasteiger partial charge in [-0.3, -0.25) is 4.79 Å². The third-order valence-corrected chi connectivity index (χ3v) is 2.90. The Labute approximate surface area is 126 Å². The van der Waals surface area contributed by atoms with Crippen molar-refractivity contribution in [2.45, 2.75) is 33.6 Å². The van der Waals surface area contributed by atoms with E-state index in [-0.39, 0.29) is 5.91 Å². The van der Waals surface area contributed by atoms with Crippen LogP contribution in [0.25, 0.3) is 0 Å². The summed E-state index contributed by atoms with van der Waals surface area (Å²) in [5.74, 6) is 0.900. The molecule has 1 heterocycles. The summed E-state index contributed by atoms with van der Waals surface area (Å²) in [5.41, 5.74) is 1.17. The summed E-state index contributed by atoms with van der Waals surface area (Å²) in [4.78, 5) is 20.6. The number of nitrogens with one attached hydrogen (secondary N) is 2. The van der Waals surface area contributed by atoms with Gasteiger partial charge in [-0.25, -0.2) is 9.97 Å². The average Bonchev–Trinajstić information content (AvgIpc) is 2.42. The van der Waals surface area contributed by atoms with Crippen LogP contribution >= 0.6 is 0 Å². The Morgan fingerprint density at radius 3 is 2.76 bits per heavy atom. The third-order valence-electron chi connectivity index (χ3n) is 2.90. The fourth-order valence-electron chi connectivity index (χ4n) is 1.75. The zero-order valence-electron chi connectivity index (χ0n) is 13.4. The molecule has 0 atom stereocenters. The largest absolute Gasteiger partial charge is 0.385 e. The molecule has 21 heavy (non-hydrogen) atoms. The van der Waals surface area contributed by atoms with Gasteiger partial charge in [-0.2, -0.15) is 0 Å². The summed E-state index contributed by atoms with van der Waals surface area (Å²) in [5, 5.41) is 5.99. The molecule has 0 aliphatic rings. The van der Waals surface area contributed by atoms with Crippen LogP contribution in [-0.2, 0) is 4.74 Å². The molecular weight excluding hydrogens is 268 g/mol. The van der Waals surface area contributed by atoms with Crippen molar-refractivity contribution in [3.8, 4) is 0 Å². The third kappa shape index (κ3) is 7.04. The molecule has 1 amide bonds. The van der Waals surface area contributed by atoms with Crippen LogP contribution in [0, 0.1) is 12.8 Å². The SMILES string of the molecule is COCCCNc1nc(C)cc(C(=O)NCCC(C)C)n1. The number of aryl methyl sites for hydroxylation is 1. The number of amides is 1. The highest BCUT2D eigenvalue weighted by molar-refractivity contribution is 5.92. The molecule has 6 heteroatoms. The van der Waals surface area contributed by atoms with E-state index in [1.54, 1.807) is 13.2 Å². The second kappa shape index (κ2) is 9.28. The second-order valence-electron chi connectivity index (χ2n) is 5.43. The molecule has 0 bridgehead atoms. The monoisotopic (exact) mass is 294 g/mol. The minimum absolute atomic E-state index is 0.152. The first-order chi connectivity index (χ1) is 10.0. The van der Waals surface area contributed by atoms with Crippen molar-refractivity contribution in [1.29, 1.82) is 0 Å². The van der Waals surface area contributed by atoms with Crippen molar-refractivity contribution in [3.05, 3.63) is 17.5 Å². The Hall–Kier alpha value is -1.69. The highest BCUT2D eigenvalue weighted by Crippen LogP contribution is 2.05. The van der Waals surface area contributed by atoms with Crippen LogP contribution in [0.15, 0.2) is 6.07 Å². The Kier molecular flexibility index (Phi) is 7.68. The number of methoxy groups -OCH3 is 1. The number of nitrogens with zero attached hydrogens (tertiary/aromatic N) is 2. The lowest BCUT2D eigenvalue weighted by Crippen LogP contribution is -2.26. The molecule has 2 N–H and O–H groups in total. The maximum atomic E-state index is 12.1. The predicted molar refractivity (Wildman–Crippen MR) is 83.5 cm³/mol. The van der Waals surface area contributed by atoms with Crippen molar-refractivity contribution in [2.24, 2.45) is 5.92 Å². The lowest BCUT2D eigenvalue weighted by atomic mass is 10.1. The predicted octanol–water partition coefficient (Wildman–Crippen LogP) is 2.01. The second-order valence-corrected chi connectivity index (χ2v) is 5.43. The van der Waals surface area contributed by atoms with Crippen LogP contribution in [-0.4, -0.2) is 42.7 Å². The number of hydrogen-bond acceptors (Lipinski definition) is 5. The molecule has 0 fully saturated rings. The molecule has 0 saturated carbocycles. The average molecular weight is 294 g/mol. The van der Waals surface area contributed by atoms with Crippen molar-refractivity contribution in [1.82, 2.24) is 15.3 Å². The molecule has 0 saturated heterocycles. The van der Waals surface area contributed by atoms with E-state index in [0.717, 1.165) is 18.5 Å². The number of hydrogen-bond donors (Lipinski definition) is 2. The van der Waals surface area contributed by atoms with Crippen LogP contribution < -0.4 is 10.6 Å². The minimum Gasteiger partial charge on any atom is -0.385 e. The van der Waals surface area contributed by atoms with Gasteiger partial charge in [-0.1, -0.05) is 13.8 Å². The van der Waals surface area contributed by atoms with Crippen molar-refractivity contribution < 1.29 is 9.53 Å². The smallest absolute Gasteiger partial charge is 0.270 e. The number of ether oxygens (including phenoxy) is 1. The van der Waals surface area contributed by atoms with Gasteiger partial charge in [0.25, 0.3) is 5.91 Å². The first-order valence-corrected chi connectivity index (χ1v) is 7.39. The summed E-state index contributed by atoms with van der Waals surface area (Å²) >= 11 is 0. The molecule has 0 unspecified atom stereocenters. The number of rotatable bonds is 9. The quantitative estimate of drug-likeness (QED) is 0.681. The van der Waals surface area contributed by atoms with E-state index in [2.05, 4.69) is 34.4 Å². The van der Waals surface area contributed by atoms with Gasteiger partial charge < -0.3 is 15.4 Å². The first kappa shape index (κ1) is 17.4. The molecule has 0 radical (unpaired) electrons. The van der Waals surface area contributed by atoms with Gasteiger partial charge in [-0.15, -0.1) is 0 Å². The molecular formula is C15H26N4O2. The van der Waals surface area contributed by atoms with Gasteiger partial charge in [0.05, 0.1) is 0 Å². The van der Waals surface area contributed by atoms with E-state index in [1.165, 1.54) is 0 Å². The van der Waals surface area contributed by atoms with E-state index in [1.807, 2.05) is 6.92 Å². The molecule has 0 aliphatic heterocycles. The van der Waals surface area contributed by atoms with Crippen molar-refractivity contribution in [2.75, 3.05) is 32.1 Å². The topological polar surface area (TPSA) is 76.1 Å². The van der Waals surface area contributed by atoms with Crippen LogP contribution in [0.5, 0.6) is 0 Å². The number of aromatic nitrogens is 2. The van der Waals surface area contributed by atoms with Gasteiger partial charge in [0.2, 0.25) is 5.95 Å². The normalized spacial score (nSPS) is 10.7. The summed E-state index contributed by atoms with van der Waals surface area (Å²) in [6.45, 7) is 8.17. The van der Waals surface area contributed by atoms with E-state index in [9.17, 15) is 4.79 Å². The van der Waals surface area contributed by atoms with E-state index < -0.39 is 0 Å². The Balaban J connectivity index is 2.57. The summed E-state index contributed by atoms with van der Waals surface area (Å²) in [6.07, 6.45) is 1.82. The van der Waals surface area contributed by atoms with Gasteiger partial charge in [0.1, 0.15) is 5.69 Å². The number of anilines is 1.